The summed E-state index contributed by atoms with van der Waals surface area (Å²) in [6, 6.07) is 16.9. The lowest BCUT2D eigenvalue weighted by molar-refractivity contribution is 0.0526. The molecule has 0 spiro atoms. The highest BCUT2D eigenvalue weighted by atomic mass is 35.5. The molecule has 0 saturated carbocycles. The highest BCUT2D eigenvalue weighted by Crippen LogP contribution is 2.23. The predicted octanol–water partition coefficient (Wildman–Crippen LogP) is 4.90. The van der Waals surface area contributed by atoms with Gasteiger partial charge in [0.25, 0.3) is 5.91 Å². The second-order valence-electron chi connectivity index (χ2n) is 5.88. The third-order valence-electron chi connectivity index (χ3n) is 3.84. The fourth-order valence-electron chi connectivity index (χ4n) is 2.46. The van der Waals surface area contributed by atoms with Gasteiger partial charge in [-0.15, -0.1) is 0 Å². The molecule has 2 N–H and O–H groups in total. The summed E-state index contributed by atoms with van der Waals surface area (Å²) in [4.78, 5) is 24.0. The maximum atomic E-state index is 12.3. The Bertz CT molecular complexity index is 1030. The first-order chi connectivity index (χ1) is 14.0. The van der Waals surface area contributed by atoms with Gasteiger partial charge in [-0.05, 0) is 79.8 Å². The minimum Gasteiger partial charge on any atom is -0.462 e. The van der Waals surface area contributed by atoms with Crippen molar-refractivity contribution in [1.82, 2.24) is 5.32 Å². The smallest absolute Gasteiger partial charge is 0.338 e. The van der Waals surface area contributed by atoms with Crippen LogP contribution in [0.4, 0.5) is 5.69 Å². The van der Waals surface area contributed by atoms with E-state index in [0.717, 1.165) is 5.56 Å². The molecule has 0 unspecified atom stereocenters. The van der Waals surface area contributed by atoms with Gasteiger partial charge in [-0.3, -0.25) is 10.1 Å². The summed E-state index contributed by atoms with van der Waals surface area (Å²) >= 11 is 11.0. The quantitative estimate of drug-likeness (QED) is 0.444. The van der Waals surface area contributed by atoms with Crippen LogP contribution in [0, 0.1) is 0 Å². The van der Waals surface area contributed by atoms with Crippen molar-refractivity contribution in [2.24, 2.45) is 0 Å². The highest BCUT2D eigenvalue weighted by molar-refractivity contribution is 7.80. The summed E-state index contributed by atoms with van der Waals surface area (Å²) in [6.45, 7) is 2.05. The van der Waals surface area contributed by atoms with Crippen LogP contribution in [0.3, 0.4) is 0 Å². The van der Waals surface area contributed by atoms with E-state index in [2.05, 4.69) is 10.6 Å². The van der Waals surface area contributed by atoms with Crippen LogP contribution in [0.5, 0.6) is 0 Å². The molecule has 0 saturated heterocycles. The van der Waals surface area contributed by atoms with Gasteiger partial charge in [-0.1, -0.05) is 11.6 Å². The lowest BCUT2D eigenvalue weighted by atomic mass is 10.2. The van der Waals surface area contributed by atoms with Crippen molar-refractivity contribution in [3.05, 3.63) is 77.0 Å². The SMILES string of the molecule is CCOC(=O)c1ccc(NC(=S)NC(=O)c2ccc(-c3ccc(Cl)cc3)o2)cc1. The van der Waals surface area contributed by atoms with Gasteiger partial charge < -0.3 is 14.5 Å². The minimum absolute atomic E-state index is 0.100. The number of halogens is 1. The molecular formula is C21H17ClN2O4S. The van der Waals surface area contributed by atoms with Gasteiger partial charge in [0.1, 0.15) is 5.76 Å². The third kappa shape index (κ3) is 5.43. The molecule has 0 aliphatic heterocycles. The molecule has 0 fully saturated rings. The maximum Gasteiger partial charge on any atom is 0.338 e. The van der Waals surface area contributed by atoms with E-state index >= 15 is 0 Å². The molecule has 29 heavy (non-hydrogen) atoms. The third-order valence-corrected chi connectivity index (χ3v) is 4.30. The van der Waals surface area contributed by atoms with Crippen LogP contribution in [0.2, 0.25) is 5.02 Å². The van der Waals surface area contributed by atoms with E-state index in [-0.39, 0.29) is 10.9 Å². The largest absolute Gasteiger partial charge is 0.462 e. The molecule has 148 valence electrons. The van der Waals surface area contributed by atoms with E-state index in [9.17, 15) is 9.59 Å². The number of rotatable bonds is 5. The fourth-order valence-corrected chi connectivity index (χ4v) is 2.80. The summed E-state index contributed by atoms with van der Waals surface area (Å²) < 4.78 is 10.5. The number of nitrogens with one attached hydrogen (secondary N) is 2. The first-order valence-corrected chi connectivity index (χ1v) is 9.50. The van der Waals surface area contributed by atoms with Crippen LogP contribution in [0.25, 0.3) is 11.3 Å². The van der Waals surface area contributed by atoms with Crippen LogP contribution in [0.1, 0.15) is 27.8 Å². The number of amides is 1. The monoisotopic (exact) mass is 428 g/mol. The number of anilines is 1. The summed E-state index contributed by atoms with van der Waals surface area (Å²) in [6.07, 6.45) is 0. The zero-order valence-corrected chi connectivity index (χ0v) is 17.0. The lowest BCUT2D eigenvalue weighted by Gasteiger charge is -2.09. The number of esters is 1. The van der Waals surface area contributed by atoms with E-state index in [4.69, 9.17) is 33.0 Å². The fraction of sp³-hybridized carbons (Fsp3) is 0.0952. The number of carbonyl (C=O) groups excluding carboxylic acids is 2. The van der Waals surface area contributed by atoms with E-state index in [0.29, 0.717) is 28.6 Å². The molecule has 1 heterocycles. The van der Waals surface area contributed by atoms with Gasteiger partial charge in [0.05, 0.1) is 12.2 Å². The van der Waals surface area contributed by atoms with E-state index in [1.165, 1.54) is 0 Å². The average Bonchev–Trinajstić information content (AvgIpc) is 3.19. The van der Waals surface area contributed by atoms with Gasteiger partial charge in [0.15, 0.2) is 10.9 Å². The molecule has 0 aliphatic rings. The molecule has 8 heteroatoms. The number of carbonyl (C=O) groups is 2. The molecule has 2 aromatic carbocycles. The summed E-state index contributed by atoms with van der Waals surface area (Å²) in [5.41, 5.74) is 1.85. The Morgan fingerprint density at radius 2 is 1.72 bits per heavy atom. The highest BCUT2D eigenvalue weighted by Gasteiger charge is 2.14. The molecule has 6 nitrogen and oxygen atoms in total. The topological polar surface area (TPSA) is 80.6 Å². The Morgan fingerprint density at radius 3 is 2.38 bits per heavy atom. The number of benzene rings is 2. The van der Waals surface area contributed by atoms with Crippen molar-refractivity contribution < 1.29 is 18.7 Å². The number of thiocarbonyl (C=S) groups is 1. The van der Waals surface area contributed by atoms with Crippen molar-refractivity contribution in [2.75, 3.05) is 11.9 Å². The van der Waals surface area contributed by atoms with Crippen LogP contribution in [-0.4, -0.2) is 23.6 Å². The average molecular weight is 429 g/mol. The summed E-state index contributed by atoms with van der Waals surface area (Å²) in [5, 5.41) is 6.14. The zero-order chi connectivity index (χ0) is 20.8. The number of furan rings is 1. The van der Waals surface area contributed by atoms with Gasteiger partial charge in [-0.25, -0.2) is 4.79 Å². The minimum atomic E-state index is -0.481. The summed E-state index contributed by atoms with van der Waals surface area (Å²) in [7, 11) is 0. The molecule has 3 aromatic rings. The van der Waals surface area contributed by atoms with E-state index in [1.54, 1.807) is 67.6 Å². The molecule has 0 atom stereocenters. The van der Waals surface area contributed by atoms with Gasteiger partial charge in [-0.2, -0.15) is 0 Å². The van der Waals surface area contributed by atoms with Crippen LogP contribution < -0.4 is 10.6 Å². The van der Waals surface area contributed by atoms with Crippen LogP contribution in [0.15, 0.2) is 65.1 Å². The zero-order valence-electron chi connectivity index (χ0n) is 15.4. The number of hydrogen-bond donors (Lipinski definition) is 2. The normalized spacial score (nSPS) is 10.3. The summed E-state index contributed by atoms with van der Waals surface area (Å²) in [5.74, 6) is -0.216. The van der Waals surface area contributed by atoms with Crippen LogP contribution >= 0.6 is 23.8 Å². The number of ether oxygens (including phenoxy) is 1. The van der Waals surface area contributed by atoms with Crippen molar-refractivity contribution in [3.63, 3.8) is 0 Å². The first kappa shape index (κ1) is 20.6. The number of hydrogen-bond acceptors (Lipinski definition) is 5. The molecule has 1 amide bonds. The van der Waals surface area contributed by atoms with Crippen LogP contribution in [-0.2, 0) is 4.74 Å². The second-order valence-corrected chi connectivity index (χ2v) is 6.72. The Kier molecular flexibility index (Phi) is 6.64. The Labute approximate surface area is 177 Å². The Balaban J connectivity index is 1.59. The molecule has 0 radical (unpaired) electrons. The van der Waals surface area contributed by atoms with Gasteiger partial charge >= 0.3 is 5.97 Å². The molecule has 1 aromatic heterocycles. The Hall–Kier alpha value is -3.16. The van der Waals surface area contributed by atoms with Crippen molar-refractivity contribution in [3.8, 4) is 11.3 Å². The first-order valence-electron chi connectivity index (χ1n) is 8.71. The molecule has 0 aliphatic carbocycles. The Morgan fingerprint density at radius 1 is 1.03 bits per heavy atom. The van der Waals surface area contributed by atoms with E-state index in [1.807, 2.05) is 0 Å². The second kappa shape index (κ2) is 9.36. The lowest BCUT2D eigenvalue weighted by Crippen LogP contribution is -2.33. The standard InChI is InChI=1S/C21H17ClN2O4S/c1-2-27-20(26)14-5-9-16(10-6-14)23-21(29)24-19(25)18-12-11-17(28-18)13-3-7-15(22)8-4-13/h3-12H,2H2,1H3,(H2,23,24,25,29). The molecular weight excluding hydrogens is 412 g/mol. The molecule has 3 rings (SSSR count). The molecule has 0 bridgehead atoms. The van der Waals surface area contributed by atoms with Crippen molar-refractivity contribution in [1.29, 1.82) is 0 Å². The van der Waals surface area contributed by atoms with Gasteiger partial charge in [0.2, 0.25) is 0 Å². The van der Waals surface area contributed by atoms with E-state index < -0.39 is 11.9 Å². The predicted molar refractivity (Wildman–Crippen MR) is 115 cm³/mol. The van der Waals surface area contributed by atoms with Crippen molar-refractivity contribution in [2.45, 2.75) is 6.92 Å². The van der Waals surface area contributed by atoms with Crippen molar-refractivity contribution >= 4 is 46.5 Å². The van der Waals surface area contributed by atoms with Gasteiger partial charge in [0, 0.05) is 16.3 Å². The maximum absolute atomic E-state index is 12.3.